The van der Waals surface area contributed by atoms with Crippen molar-refractivity contribution < 1.29 is 14.3 Å². The van der Waals surface area contributed by atoms with Crippen molar-refractivity contribution in [1.82, 2.24) is 9.38 Å². The second kappa shape index (κ2) is 8.15. The second-order valence-corrected chi connectivity index (χ2v) is 7.05. The van der Waals surface area contributed by atoms with Gasteiger partial charge in [-0.15, -0.1) is 11.3 Å². The van der Waals surface area contributed by atoms with Gasteiger partial charge in [-0.3, -0.25) is 14.5 Å². The maximum atomic E-state index is 12.5. The first-order valence-corrected chi connectivity index (χ1v) is 9.88. The molecule has 0 aliphatic heterocycles. The summed E-state index contributed by atoms with van der Waals surface area (Å²) in [5, 5.41) is 7.43. The Hall–Kier alpha value is -3.65. The minimum absolute atomic E-state index is 0.271. The number of rotatable bonds is 5. The summed E-state index contributed by atoms with van der Waals surface area (Å²) in [5.74, 6) is -0.271. The van der Waals surface area contributed by atoms with Gasteiger partial charge in [-0.25, -0.2) is 9.78 Å². The van der Waals surface area contributed by atoms with Gasteiger partial charge in [-0.2, -0.15) is 0 Å². The van der Waals surface area contributed by atoms with Crippen molar-refractivity contribution in [3.8, 4) is 11.3 Å². The number of benzene rings is 2. The van der Waals surface area contributed by atoms with Crippen molar-refractivity contribution in [3.63, 3.8) is 0 Å². The van der Waals surface area contributed by atoms with Crippen molar-refractivity contribution in [2.45, 2.75) is 6.92 Å². The molecule has 0 aliphatic rings. The van der Waals surface area contributed by atoms with Crippen LogP contribution in [0.3, 0.4) is 0 Å². The molecule has 0 unspecified atom stereocenters. The number of nitrogens with one attached hydrogen (secondary N) is 2. The SMILES string of the molecule is CCOC(=O)Nc1cccc(C(=O)Nc2ccc(-c3cn4ccsc4n3)cc2)c1. The Bertz CT molecular complexity index is 1140. The van der Waals surface area contributed by atoms with Crippen LogP contribution in [0.4, 0.5) is 16.2 Å². The van der Waals surface area contributed by atoms with E-state index < -0.39 is 6.09 Å². The molecule has 2 heterocycles. The molecule has 8 heteroatoms. The molecule has 0 radical (unpaired) electrons. The molecule has 0 atom stereocenters. The van der Waals surface area contributed by atoms with Crippen LogP contribution in [0.15, 0.2) is 66.3 Å². The minimum Gasteiger partial charge on any atom is -0.450 e. The predicted molar refractivity (Wildman–Crippen MR) is 114 cm³/mol. The van der Waals surface area contributed by atoms with Crippen LogP contribution < -0.4 is 10.6 Å². The number of amides is 2. The van der Waals surface area contributed by atoms with Crippen LogP contribution in [-0.4, -0.2) is 28.0 Å². The van der Waals surface area contributed by atoms with Gasteiger partial charge in [0, 0.05) is 40.3 Å². The summed E-state index contributed by atoms with van der Waals surface area (Å²) in [7, 11) is 0. The van der Waals surface area contributed by atoms with Crippen LogP contribution in [0.2, 0.25) is 0 Å². The van der Waals surface area contributed by atoms with E-state index >= 15 is 0 Å². The Balaban J connectivity index is 1.44. The third-order valence-corrected chi connectivity index (χ3v) is 4.95. The Morgan fingerprint density at radius 1 is 1.10 bits per heavy atom. The summed E-state index contributed by atoms with van der Waals surface area (Å²) in [6, 6.07) is 14.2. The largest absolute Gasteiger partial charge is 0.450 e. The maximum absolute atomic E-state index is 12.5. The molecule has 2 amide bonds. The van der Waals surface area contributed by atoms with Gasteiger partial charge in [0.15, 0.2) is 4.96 Å². The highest BCUT2D eigenvalue weighted by Crippen LogP contribution is 2.23. The van der Waals surface area contributed by atoms with Crippen LogP contribution in [0.25, 0.3) is 16.2 Å². The number of carbonyl (C=O) groups is 2. The van der Waals surface area contributed by atoms with Crippen LogP contribution in [-0.2, 0) is 4.74 Å². The quantitative estimate of drug-likeness (QED) is 0.494. The van der Waals surface area contributed by atoms with Crippen molar-refractivity contribution >= 4 is 39.7 Å². The highest BCUT2D eigenvalue weighted by atomic mass is 32.1. The fourth-order valence-corrected chi connectivity index (χ4v) is 3.52. The van der Waals surface area contributed by atoms with Gasteiger partial charge in [0.2, 0.25) is 0 Å². The number of carbonyl (C=O) groups excluding carboxylic acids is 2. The number of imidazole rings is 1. The fraction of sp³-hybridized carbons (Fsp3) is 0.0952. The number of nitrogens with zero attached hydrogens (tertiary/aromatic N) is 2. The van der Waals surface area contributed by atoms with Gasteiger partial charge in [-0.1, -0.05) is 18.2 Å². The highest BCUT2D eigenvalue weighted by molar-refractivity contribution is 7.15. The number of fused-ring (bicyclic) bond motifs is 1. The van der Waals surface area contributed by atoms with E-state index in [0.29, 0.717) is 16.9 Å². The standard InChI is InChI=1S/C21H18N4O3S/c1-2-28-21(27)23-17-5-3-4-15(12-17)19(26)22-16-8-6-14(7-9-16)18-13-25-10-11-29-20(25)24-18/h3-13H,2H2,1H3,(H,22,26)(H,23,27). The first-order chi connectivity index (χ1) is 14.1. The van der Waals surface area contributed by atoms with E-state index in [4.69, 9.17) is 4.74 Å². The summed E-state index contributed by atoms with van der Waals surface area (Å²) in [5.41, 5.74) is 3.44. The van der Waals surface area contributed by atoms with Crippen LogP contribution >= 0.6 is 11.3 Å². The molecule has 0 saturated carbocycles. The lowest BCUT2D eigenvalue weighted by atomic mass is 10.1. The van der Waals surface area contributed by atoms with E-state index in [1.165, 1.54) is 0 Å². The van der Waals surface area contributed by atoms with Crippen molar-refractivity contribution in [2.24, 2.45) is 0 Å². The van der Waals surface area contributed by atoms with E-state index in [2.05, 4.69) is 15.6 Å². The zero-order chi connectivity index (χ0) is 20.2. The molecule has 7 nitrogen and oxygen atoms in total. The molecule has 0 bridgehead atoms. The first-order valence-electron chi connectivity index (χ1n) is 9.00. The number of hydrogen-bond donors (Lipinski definition) is 2. The van der Waals surface area contributed by atoms with Gasteiger partial charge in [0.1, 0.15) is 0 Å². The Morgan fingerprint density at radius 2 is 1.93 bits per heavy atom. The van der Waals surface area contributed by atoms with Crippen molar-refractivity contribution in [2.75, 3.05) is 17.2 Å². The molecule has 146 valence electrons. The highest BCUT2D eigenvalue weighted by Gasteiger charge is 2.10. The molecule has 0 fully saturated rings. The van der Waals surface area contributed by atoms with Crippen LogP contribution in [0.1, 0.15) is 17.3 Å². The van der Waals surface area contributed by atoms with E-state index in [0.717, 1.165) is 16.2 Å². The topological polar surface area (TPSA) is 84.7 Å². The number of thiazole rings is 1. The Morgan fingerprint density at radius 3 is 2.69 bits per heavy atom. The molecule has 29 heavy (non-hydrogen) atoms. The Labute approximate surface area is 171 Å². The zero-order valence-corrected chi connectivity index (χ0v) is 16.4. The minimum atomic E-state index is -0.556. The number of aromatic nitrogens is 2. The first kappa shape index (κ1) is 18.7. The number of ether oxygens (including phenoxy) is 1. The second-order valence-electron chi connectivity index (χ2n) is 6.18. The zero-order valence-electron chi connectivity index (χ0n) is 15.6. The van der Waals surface area contributed by atoms with Gasteiger partial charge >= 0.3 is 6.09 Å². The molecule has 4 rings (SSSR count). The molecule has 0 spiro atoms. The average molecular weight is 406 g/mol. The van der Waals surface area contributed by atoms with Crippen LogP contribution in [0, 0.1) is 0 Å². The molecule has 0 aliphatic carbocycles. The summed E-state index contributed by atoms with van der Waals surface area (Å²) >= 11 is 1.58. The van der Waals surface area contributed by atoms with Crippen molar-refractivity contribution in [3.05, 3.63) is 71.9 Å². The fourth-order valence-electron chi connectivity index (χ4n) is 2.82. The van der Waals surface area contributed by atoms with E-state index in [1.807, 2.05) is 46.4 Å². The number of anilines is 2. The maximum Gasteiger partial charge on any atom is 0.411 e. The summed E-state index contributed by atoms with van der Waals surface area (Å²) < 4.78 is 6.83. The summed E-state index contributed by atoms with van der Waals surface area (Å²) in [6.45, 7) is 2.00. The average Bonchev–Trinajstić information content (AvgIpc) is 3.31. The number of hydrogen-bond acceptors (Lipinski definition) is 5. The third-order valence-electron chi connectivity index (χ3n) is 4.18. The molecule has 2 aromatic carbocycles. The van der Waals surface area contributed by atoms with Gasteiger partial charge in [0.25, 0.3) is 5.91 Å². The summed E-state index contributed by atoms with van der Waals surface area (Å²) in [6.07, 6.45) is 3.39. The van der Waals surface area contributed by atoms with E-state index in [9.17, 15) is 9.59 Å². The third kappa shape index (κ3) is 4.27. The van der Waals surface area contributed by atoms with Gasteiger partial charge < -0.3 is 10.1 Å². The monoisotopic (exact) mass is 406 g/mol. The molecule has 2 aromatic heterocycles. The van der Waals surface area contributed by atoms with Gasteiger partial charge in [-0.05, 0) is 37.3 Å². The van der Waals surface area contributed by atoms with E-state index in [1.54, 1.807) is 42.5 Å². The Kier molecular flexibility index (Phi) is 5.26. The molecule has 4 aromatic rings. The smallest absolute Gasteiger partial charge is 0.411 e. The lowest BCUT2D eigenvalue weighted by molar-refractivity contribution is 0.102. The van der Waals surface area contributed by atoms with Gasteiger partial charge in [0.05, 0.1) is 12.3 Å². The molecule has 0 saturated heterocycles. The van der Waals surface area contributed by atoms with Crippen LogP contribution in [0.5, 0.6) is 0 Å². The summed E-state index contributed by atoms with van der Waals surface area (Å²) in [4.78, 5) is 29.6. The van der Waals surface area contributed by atoms with E-state index in [-0.39, 0.29) is 12.5 Å². The molecule has 2 N–H and O–H groups in total. The predicted octanol–water partition coefficient (Wildman–Crippen LogP) is 4.88. The molecular weight excluding hydrogens is 388 g/mol. The normalized spacial score (nSPS) is 10.7. The molecular formula is C21H18N4O3S. The lowest BCUT2D eigenvalue weighted by Crippen LogP contribution is -2.15. The lowest BCUT2D eigenvalue weighted by Gasteiger charge is -2.09. The van der Waals surface area contributed by atoms with Crippen molar-refractivity contribution in [1.29, 1.82) is 0 Å².